The molecule has 5 heteroatoms. The van der Waals surface area contributed by atoms with E-state index in [0.717, 1.165) is 16.7 Å². The average Bonchev–Trinajstić information content (AvgIpc) is 3.16. The van der Waals surface area contributed by atoms with Gasteiger partial charge < -0.3 is 14.8 Å². The SMILES string of the molecule is COc1cc(C)ccc1OCc1csc(C(=O)NC(C)c2ccc(C)cc2C)c1. The minimum absolute atomic E-state index is 0.0540. The number of methoxy groups -OCH3 is 1. The molecule has 1 atom stereocenters. The smallest absolute Gasteiger partial charge is 0.261 e. The number of aryl methyl sites for hydroxylation is 3. The van der Waals surface area contributed by atoms with Crippen LogP contribution in [0.3, 0.4) is 0 Å². The van der Waals surface area contributed by atoms with E-state index in [1.54, 1.807) is 7.11 Å². The number of carbonyl (C=O) groups excluding carboxylic acids is 1. The van der Waals surface area contributed by atoms with E-state index in [4.69, 9.17) is 9.47 Å². The van der Waals surface area contributed by atoms with Gasteiger partial charge in [-0.25, -0.2) is 0 Å². The van der Waals surface area contributed by atoms with Crippen LogP contribution in [0.2, 0.25) is 0 Å². The molecule has 152 valence electrons. The van der Waals surface area contributed by atoms with Crippen molar-refractivity contribution in [3.05, 3.63) is 80.5 Å². The molecule has 4 nitrogen and oxygen atoms in total. The topological polar surface area (TPSA) is 47.6 Å². The highest BCUT2D eigenvalue weighted by Crippen LogP contribution is 2.29. The summed E-state index contributed by atoms with van der Waals surface area (Å²) in [7, 11) is 1.63. The predicted octanol–water partition coefficient (Wildman–Crippen LogP) is 5.75. The molecule has 1 N–H and O–H groups in total. The third-order valence-electron chi connectivity index (χ3n) is 4.83. The number of hydrogen-bond acceptors (Lipinski definition) is 4. The molecule has 1 amide bonds. The second-order valence-electron chi connectivity index (χ2n) is 7.32. The molecule has 0 bridgehead atoms. The molecule has 0 saturated heterocycles. The molecule has 0 saturated carbocycles. The van der Waals surface area contributed by atoms with Crippen LogP contribution in [0.5, 0.6) is 11.5 Å². The summed E-state index contributed by atoms with van der Waals surface area (Å²) in [5.74, 6) is 1.33. The molecule has 3 rings (SSSR count). The highest BCUT2D eigenvalue weighted by molar-refractivity contribution is 7.12. The zero-order valence-corrected chi connectivity index (χ0v) is 18.4. The van der Waals surface area contributed by atoms with E-state index in [-0.39, 0.29) is 11.9 Å². The van der Waals surface area contributed by atoms with E-state index in [2.05, 4.69) is 37.4 Å². The normalized spacial score (nSPS) is 11.8. The van der Waals surface area contributed by atoms with Gasteiger partial charge in [0.1, 0.15) is 6.61 Å². The van der Waals surface area contributed by atoms with Gasteiger partial charge in [0.25, 0.3) is 5.91 Å². The molecule has 1 aromatic heterocycles. The van der Waals surface area contributed by atoms with E-state index >= 15 is 0 Å². The highest BCUT2D eigenvalue weighted by Gasteiger charge is 2.15. The van der Waals surface area contributed by atoms with Crippen LogP contribution < -0.4 is 14.8 Å². The maximum Gasteiger partial charge on any atom is 0.261 e. The minimum Gasteiger partial charge on any atom is -0.493 e. The Balaban J connectivity index is 1.62. The molecule has 29 heavy (non-hydrogen) atoms. The van der Waals surface area contributed by atoms with Crippen molar-refractivity contribution in [2.75, 3.05) is 7.11 Å². The van der Waals surface area contributed by atoms with Crippen molar-refractivity contribution < 1.29 is 14.3 Å². The van der Waals surface area contributed by atoms with Crippen LogP contribution in [-0.2, 0) is 6.61 Å². The van der Waals surface area contributed by atoms with Gasteiger partial charge in [-0.3, -0.25) is 4.79 Å². The summed E-state index contributed by atoms with van der Waals surface area (Å²) in [6, 6.07) is 14.0. The molecule has 0 fully saturated rings. The Labute approximate surface area is 176 Å². The van der Waals surface area contributed by atoms with Crippen molar-refractivity contribution in [1.82, 2.24) is 5.32 Å². The largest absolute Gasteiger partial charge is 0.493 e. The number of benzene rings is 2. The summed E-state index contributed by atoms with van der Waals surface area (Å²) >= 11 is 1.43. The summed E-state index contributed by atoms with van der Waals surface area (Å²) in [5, 5.41) is 5.05. The van der Waals surface area contributed by atoms with Gasteiger partial charge in [-0.15, -0.1) is 11.3 Å². The second kappa shape index (κ2) is 9.14. The Bertz CT molecular complexity index is 1010. The first-order valence-electron chi connectivity index (χ1n) is 9.60. The lowest BCUT2D eigenvalue weighted by atomic mass is 10.0. The van der Waals surface area contributed by atoms with Gasteiger partial charge in [0.05, 0.1) is 18.0 Å². The monoisotopic (exact) mass is 409 g/mol. The lowest BCUT2D eigenvalue weighted by Crippen LogP contribution is -2.26. The quantitative estimate of drug-likeness (QED) is 0.540. The van der Waals surface area contributed by atoms with Crippen molar-refractivity contribution >= 4 is 17.2 Å². The lowest BCUT2D eigenvalue weighted by molar-refractivity contribution is 0.0944. The lowest BCUT2D eigenvalue weighted by Gasteiger charge is -2.16. The molecule has 0 aliphatic carbocycles. The first kappa shape index (κ1) is 20.9. The summed E-state index contributed by atoms with van der Waals surface area (Å²) in [6.45, 7) is 8.55. The van der Waals surface area contributed by atoms with Crippen molar-refractivity contribution in [3.63, 3.8) is 0 Å². The number of rotatable bonds is 7. The predicted molar refractivity (Wildman–Crippen MR) is 118 cm³/mol. The molecule has 2 aromatic carbocycles. The van der Waals surface area contributed by atoms with Crippen LogP contribution in [0, 0.1) is 20.8 Å². The summed E-state index contributed by atoms with van der Waals surface area (Å²) < 4.78 is 11.3. The van der Waals surface area contributed by atoms with Gasteiger partial charge in [0.2, 0.25) is 0 Å². The molecule has 1 heterocycles. The van der Waals surface area contributed by atoms with Crippen molar-refractivity contribution in [2.24, 2.45) is 0 Å². The molecule has 0 radical (unpaired) electrons. The van der Waals surface area contributed by atoms with Crippen LogP contribution in [-0.4, -0.2) is 13.0 Å². The zero-order chi connectivity index (χ0) is 21.0. The van der Waals surface area contributed by atoms with Crippen molar-refractivity contribution in [3.8, 4) is 11.5 Å². The first-order chi connectivity index (χ1) is 13.9. The Morgan fingerprint density at radius 2 is 1.76 bits per heavy atom. The minimum atomic E-state index is -0.0679. The Morgan fingerprint density at radius 1 is 1.03 bits per heavy atom. The zero-order valence-electron chi connectivity index (χ0n) is 17.5. The van der Waals surface area contributed by atoms with Gasteiger partial charge in [0.15, 0.2) is 11.5 Å². The van der Waals surface area contributed by atoms with Crippen LogP contribution in [0.25, 0.3) is 0 Å². The van der Waals surface area contributed by atoms with E-state index in [1.807, 2.05) is 43.5 Å². The fourth-order valence-corrected chi connectivity index (χ4v) is 4.08. The maximum absolute atomic E-state index is 12.7. The van der Waals surface area contributed by atoms with E-state index in [0.29, 0.717) is 23.0 Å². The number of nitrogens with one attached hydrogen (secondary N) is 1. The Morgan fingerprint density at radius 3 is 2.48 bits per heavy atom. The van der Waals surface area contributed by atoms with Crippen LogP contribution in [0.1, 0.15) is 50.5 Å². The second-order valence-corrected chi connectivity index (χ2v) is 8.23. The average molecular weight is 410 g/mol. The summed E-state index contributed by atoms with van der Waals surface area (Å²) in [6.07, 6.45) is 0. The van der Waals surface area contributed by atoms with E-state index < -0.39 is 0 Å². The van der Waals surface area contributed by atoms with E-state index in [9.17, 15) is 4.79 Å². The molecule has 3 aromatic rings. The molecule has 0 spiro atoms. The number of hydrogen-bond donors (Lipinski definition) is 1. The Hall–Kier alpha value is -2.79. The van der Waals surface area contributed by atoms with Gasteiger partial charge in [0, 0.05) is 5.56 Å². The molecular weight excluding hydrogens is 382 g/mol. The van der Waals surface area contributed by atoms with E-state index in [1.165, 1.54) is 22.5 Å². The third kappa shape index (κ3) is 5.18. The molecule has 0 aliphatic rings. The number of carbonyl (C=O) groups is 1. The molecule has 1 unspecified atom stereocenters. The van der Waals surface area contributed by atoms with Gasteiger partial charge in [-0.1, -0.05) is 29.8 Å². The third-order valence-corrected chi connectivity index (χ3v) is 5.81. The fraction of sp³-hybridized carbons (Fsp3) is 0.292. The van der Waals surface area contributed by atoms with Crippen LogP contribution in [0.4, 0.5) is 0 Å². The van der Waals surface area contributed by atoms with Gasteiger partial charge in [-0.2, -0.15) is 0 Å². The highest BCUT2D eigenvalue weighted by atomic mass is 32.1. The summed E-state index contributed by atoms with van der Waals surface area (Å²) in [5.41, 5.74) is 5.61. The van der Waals surface area contributed by atoms with Crippen molar-refractivity contribution in [2.45, 2.75) is 40.3 Å². The summed E-state index contributed by atoms with van der Waals surface area (Å²) in [4.78, 5) is 13.3. The maximum atomic E-state index is 12.7. The first-order valence-corrected chi connectivity index (χ1v) is 10.5. The number of amides is 1. The van der Waals surface area contributed by atoms with Gasteiger partial charge in [-0.05, 0) is 68.0 Å². The standard InChI is InChI=1S/C24H27NO3S/c1-15-6-8-20(17(3)10-15)18(4)25-24(26)23-12-19(14-29-23)13-28-21-9-7-16(2)11-22(21)27-5/h6-12,14,18H,13H2,1-5H3,(H,25,26). The molecule has 0 aliphatic heterocycles. The van der Waals surface area contributed by atoms with Gasteiger partial charge >= 0.3 is 0 Å². The van der Waals surface area contributed by atoms with Crippen LogP contribution in [0.15, 0.2) is 47.8 Å². The number of ether oxygens (including phenoxy) is 2. The fourth-order valence-electron chi connectivity index (χ4n) is 3.28. The number of thiophene rings is 1. The molecular formula is C24H27NO3S. The Kier molecular flexibility index (Phi) is 6.60. The van der Waals surface area contributed by atoms with Crippen molar-refractivity contribution in [1.29, 1.82) is 0 Å². The van der Waals surface area contributed by atoms with Crippen LogP contribution >= 0.6 is 11.3 Å².